The molecule has 1 nitrogen and oxygen atoms in total. The number of hydrogen-bond acceptors (Lipinski definition) is 1. The van der Waals surface area contributed by atoms with Gasteiger partial charge in [-0.3, -0.25) is 0 Å². The fourth-order valence-electron chi connectivity index (χ4n) is 1.70. The number of likely N-dealkylation sites (N-methyl/N-ethyl adjacent to an activating group) is 1. The second kappa shape index (κ2) is 3.11. The molecule has 0 spiro atoms. The predicted molar refractivity (Wildman–Crippen MR) is 51.1 cm³/mol. The van der Waals surface area contributed by atoms with Crippen LogP contribution in [0.4, 0.5) is 4.39 Å². The van der Waals surface area contributed by atoms with E-state index in [4.69, 9.17) is 0 Å². The van der Waals surface area contributed by atoms with Crippen LogP contribution in [-0.2, 0) is 6.42 Å². The van der Waals surface area contributed by atoms with Gasteiger partial charge in [0.15, 0.2) is 0 Å². The molecule has 1 fully saturated rings. The normalized spacial score (nSPS) is 18.6. The Labute approximate surface area is 78.0 Å². The van der Waals surface area contributed by atoms with Crippen LogP contribution >= 0.6 is 0 Å². The highest BCUT2D eigenvalue weighted by Gasteiger charge is 2.40. The lowest BCUT2D eigenvalue weighted by Gasteiger charge is -2.13. The largest absolute Gasteiger partial charge is 0.314 e. The first-order valence-electron chi connectivity index (χ1n) is 4.67. The van der Waals surface area contributed by atoms with Crippen molar-refractivity contribution in [3.63, 3.8) is 0 Å². The molecule has 0 amide bonds. The van der Waals surface area contributed by atoms with E-state index in [1.165, 1.54) is 18.9 Å². The van der Waals surface area contributed by atoms with Crippen molar-refractivity contribution in [2.75, 3.05) is 7.05 Å². The minimum atomic E-state index is -0.135. The maximum absolute atomic E-state index is 12.8. The predicted octanol–water partition coefficient (Wildman–Crippen LogP) is 2.12. The summed E-state index contributed by atoms with van der Waals surface area (Å²) in [6, 6.07) is 6.87. The molecular weight excluding hydrogens is 165 g/mol. The molecule has 0 atom stereocenters. The van der Waals surface area contributed by atoms with Gasteiger partial charge >= 0.3 is 0 Å². The van der Waals surface area contributed by atoms with Gasteiger partial charge < -0.3 is 5.32 Å². The summed E-state index contributed by atoms with van der Waals surface area (Å²) in [6.07, 6.45) is 3.36. The summed E-state index contributed by atoms with van der Waals surface area (Å²) in [4.78, 5) is 0. The van der Waals surface area contributed by atoms with Gasteiger partial charge in [0.05, 0.1) is 0 Å². The first-order chi connectivity index (χ1) is 6.24. The summed E-state index contributed by atoms with van der Waals surface area (Å²) < 4.78 is 12.8. The number of benzene rings is 1. The molecule has 1 N–H and O–H groups in total. The van der Waals surface area contributed by atoms with Gasteiger partial charge in [-0.1, -0.05) is 12.1 Å². The minimum absolute atomic E-state index is 0.135. The Kier molecular flexibility index (Phi) is 2.08. The van der Waals surface area contributed by atoms with E-state index >= 15 is 0 Å². The van der Waals surface area contributed by atoms with E-state index in [9.17, 15) is 4.39 Å². The summed E-state index contributed by atoms with van der Waals surface area (Å²) in [5.41, 5.74) is 1.36. The molecule has 13 heavy (non-hydrogen) atoms. The molecule has 1 aromatic carbocycles. The van der Waals surface area contributed by atoms with Crippen molar-refractivity contribution in [1.82, 2.24) is 5.32 Å². The molecule has 0 saturated heterocycles. The van der Waals surface area contributed by atoms with Crippen LogP contribution in [0.3, 0.4) is 0 Å². The molecule has 0 bridgehead atoms. The molecule has 0 aliphatic heterocycles. The Bertz CT molecular complexity index is 305. The van der Waals surface area contributed by atoms with Crippen molar-refractivity contribution in [1.29, 1.82) is 0 Å². The zero-order valence-electron chi connectivity index (χ0n) is 7.81. The van der Waals surface area contributed by atoms with Gasteiger partial charge in [0, 0.05) is 5.54 Å². The summed E-state index contributed by atoms with van der Waals surface area (Å²) in [6.45, 7) is 0. The molecule has 70 valence electrons. The SMILES string of the molecule is CNC1(Cc2cccc(F)c2)CC1. The summed E-state index contributed by atoms with van der Waals surface area (Å²) in [5, 5.41) is 3.30. The third-order valence-electron chi connectivity index (χ3n) is 2.82. The number of hydrogen-bond donors (Lipinski definition) is 1. The zero-order chi connectivity index (χ0) is 9.31. The molecule has 0 aromatic heterocycles. The molecule has 0 radical (unpaired) electrons. The molecule has 1 aliphatic carbocycles. The van der Waals surface area contributed by atoms with Crippen LogP contribution in [-0.4, -0.2) is 12.6 Å². The van der Waals surface area contributed by atoms with Crippen molar-refractivity contribution in [2.24, 2.45) is 0 Å². The van der Waals surface area contributed by atoms with Gasteiger partial charge in [-0.05, 0) is 44.0 Å². The van der Waals surface area contributed by atoms with Crippen LogP contribution in [0.1, 0.15) is 18.4 Å². The first-order valence-corrected chi connectivity index (χ1v) is 4.67. The average molecular weight is 179 g/mol. The van der Waals surface area contributed by atoms with Crippen LogP contribution in [0.15, 0.2) is 24.3 Å². The van der Waals surface area contributed by atoms with Crippen LogP contribution < -0.4 is 5.32 Å². The fourth-order valence-corrected chi connectivity index (χ4v) is 1.70. The van der Waals surface area contributed by atoms with Crippen molar-refractivity contribution in [3.05, 3.63) is 35.6 Å². The molecule has 2 rings (SSSR count). The average Bonchev–Trinajstić information content (AvgIpc) is 2.86. The highest BCUT2D eigenvalue weighted by molar-refractivity contribution is 5.21. The lowest BCUT2D eigenvalue weighted by molar-refractivity contribution is 0.545. The van der Waals surface area contributed by atoms with Crippen LogP contribution in [0.2, 0.25) is 0 Å². The van der Waals surface area contributed by atoms with E-state index in [-0.39, 0.29) is 11.4 Å². The van der Waals surface area contributed by atoms with Gasteiger partial charge in [0.25, 0.3) is 0 Å². The minimum Gasteiger partial charge on any atom is -0.314 e. The van der Waals surface area contributed by atoms with Crippen molar-refractivity contribution >= 4 is 0 Å². The molecular formula is C11H14FN. The van der Waals surface area contributed by atoms with Crippen LogP contribution in [0.5, 0.6) is 0 Å². The fraction of sp³-hybridized carbons (Fsp3) is 0.455. The summed E-state index contributed by atoms with van der Waals surface area (Å²) >= 11 is 0. The molecule has 1 aromatic rings. The Morgan fingerprint density at radius 2 is 2.23 bits per heavy atom. The standard InChI is InChI=1S/C11H14FN/c1-13-11(5-6-11)8-9-3-2-4-10(12)7-9/h2-4,7,13H,5-6,8H2,1H3. The van der Waals surface area contributed by atoms with Gasteiger partial charge in [-0.25, -0.2) is 4.39 Å². The van der Waals surface area contributed by atoms with Crippen molar-refractivity contribution < 1.29 is 4.39 Å². The number of halogens is 1. The quantitative estimate of drug-likeness (QED) is 0.749. The highest BCUT2D eigenvalue weighted by Crippen LogP contribution is 2.38. The van der Waals surface area contributed by atoms with Gasteiger partial charge in [0.1, 0.15) is 5.82 Å². The topological polar surface area (TPSA) is 12.0 Å². The zero-order valence-corrected chi connectivity index (χ0v) is 7.81. The van der Waals surface area contributed by atoms with Gasteiger partial charge in [0.2, 0.25) is 0 Å². The van der Waals surface area contributed by atoms with Crippen molar-refractivity contribution in [2.45, 2.75) is 24.8 Å². The van der Waals surface area contributed by atoms with Gasteiger partial charge in [-0.2, -0.15) is 0 Å². The Morgan fingerprint density at radius 1 is 1.46 bits per heavy atom. The summed E-state index contributed by atoms with van der Waals surface area (Å²) in [7, 11) is 1.98. The third-order valence-corrected chi connectivity index (χ3v) is 2.82. The van der Waals surface area contributed by atoms with Crippen LogP contribution in [0.25, 0.3) is 0 Å². The second-order valence-corrected chi connectivity index (χ2v) is 3.84. The van der Waals surface area contributed by atoms with E-state index in [1.807, 2.05) is 13.1 Å². The molecule has 0 heterocycles. The Morgan fingerprint density at radius 3 is 2.77 bits per heavy atom. The summed E-state index contributed by atoms with van der Waals surface area (Å²) in [5.74, 6) is -0.135. The molecule has 1 aliphatic rings. The van der Waals surface area contributed by atoms with E-state index in [2.05, 4.69) is 5.32 Å². The lowest BCUT2D eigenvalue weighted by Crippen LogP contribution is -2.29. The number of nitrogens with one attached hydrogen (secondary N) is 1. The monoisotopic (exact) mass is 179 g/mol. The maximum Gasteiger partial charge on any atom is 0.123 e. The first kappa shape index (κ1) is 8.70. The lowest BCUT2D eigenvalue weighted by atomic mass is 10.0. The van der Waals surface area contributed by atoms with E-state index in [0.29, 0.717) is 0 Å². The van der Waals surface area contributed by atoms with Crippen LogP contribution in [0, 0.1) is 5.82 Å². The molecule has 1 saturated carbocycles. The number of rotatable bonds is 3. The third kappa shape index (κ3) is 1.89. The highest BCUT2D eigenvalue weighted by atomic mass is 19.1. The Balaban J connectivity index is 2.09. The molecule has 0 unspecified atom stereocenters. The van der Waals surface area contributed by atoms with Crippen molar-refractivity contribution in [3.8, 4) is 0 Å². The Hall–Kier alpha value is -0.890. The molecule has 2 heteroatoms. The second-order valence-electron chi connectivity index (χ2n) is 3.84. The van der Waals surface area contributed by atoms with Gasteiger partial charge in [-0.15, -0.1) is 0 Å². The van der Waals surface area contributed by atoms with E-state index in [1.54, 1.807) is 12.1 Å². The van der Waals surface area contributed by atoms with E-state index < -0.39 is 0 Å². The smallest absolute Gasteiger partial charge is 0.123 e. The van der Waals surface area contributed by atoms with E-state index in [0.717, 1.165) is 12.0 Å². The maximum atomic E-state index is 12.8.